The molecule has 1 amide bonds. The van der Waals surface area contributed by atoms with Crippen molar-refractivity contribution < 1.29 is 9.21 Å². The molecule has 0 aliphatic heterocycles. The highest BCUT2D eigenvalue weighted by atomic mass is 16.3. The molecule has 1 aromatic heterocycles. The molecule has 0 atom stereocenters. The van der Waals surface area contributed by atoms with Gasteiger partial charge in [-0.05, 0) is 24.0 Å². The molecule has 0 aliphatic carbocycles. The summed E-state index contributed by atoms with van der Waals surface area (Å²) in [5.41, 5.74) is 2.61. The number of carbonyl (C=O) groups excluding carboxylic acids is 1. The SMILES string of the molecule is CCc1ccccc1NC(=O)c1ocnc1C(C)C. The molecule has 2 rings (SSSR count). The van der Waals surface area contributed by atoms with Gasteiger partial charge in [0.1, 0.15) is 0 Å². The van der Waals surface area contributed by atoms with Crippen LogP contribution in [-0.4, -0.2) is 10.9 Å². The summed E-state index contributed by atoms with van der Waals surface area (Å²) in [6.45, 7) is 6.02. The van der Waals surface area contributed by atoms with E-state index in [0.717, 1.165) is 17.7 Å². The summed E-state index contributed by atoms with van der Waals surface area (Å²) in [5.74, 6) is 0.198. The second kappa shape index (κ2) is 5.69. The largest absolute Gasteiger partial charge is 0.438 e. The number of nitrogens with one attached hydrogen (secondary N) is 1. The lowest BCUT2D eigenvalue weighted by atomic mass is 10.1. The van der Waals surface area contributed by atoms with Crippen LogP contribution in [0.5, 0.6) is 0 Å². The Kier molecular flexibility index (Phi) is 4.00. The van der Waals surface area contributed by atoms with E-state index in [1.807, 2.05) is 38.1 Å². The van der Waals surface area contributed by atoms with Crippen molar-refractivity contribution in [3.8, 4) is 0 Å². The summed E-state index contributed by atoms with van der Waals surface area (Å²) in [7, 11) is 0. The molecule has 0 fully saturated rings. The lowest BCUT2D eigenvalue weighted by molar-refractivity contribution is 0.0995. The average molecular weight is 258 g/mol. The average Bonchev–Trinajstić information content (AvgIpc) is 2.88. The smallest absolute Gasteiger partial charge is 0.293 e. The first-order valence-electron chi connectivity index (χ1n) is 6.46. The van der Waals surface area contributed by atoms with Crippen molar-refractivity contribution in [3.05, 3.63) is 47.7 Å². The first kappa shape index (κ1) is 13.3. The number of benzene rings is 1. The van der Waals surface area contributed by atoms with Crippen molar-refractivity contribution in [2.24, 2.45) is 0 Å². The molecule has 19 heavy (non-hydrogen) atoms. The number of amides is 1. The van der Waals surface area contributed by atoms with E-state index in [4.69, 9.17) is 4.42 Å². The van der Waals surface area contributed by atoms with Crippen molar-refractivity contribution in [2.45, 2.75) is 33.1 Å². The van der Waals surface area contributed by atoms with Crippen molar-refractivity contribution >= 4 is 11.6 Å². The molecule has 1 heterocycles. The first-order valence-corrected chi connectivity index (χ1v) is 6.46. The number of rotatable bonds is 4. The van der Waals surface area contributed by atoms with Crippen LogP contribution in [0.3, 0.4) is 0 Å². The van der Waals surface area contributed by atoms with E-state index >= 15 is 0 Å². The van der Waals surface area contributed by atoms with Gasteiger partial charge in [0.2, 0.25) is 5.76 Å². The van der Waals surface area contributed by atoms with Crippen LogP contribution < -0.4 is 5.32 Å². The van der Waals surface area contributed by atoms with Gasteiger partial charge < -0.3 is 9.73 Å². The summed E-state index contributed by atoms with van der Waals surface area (Å²) in [6, 6.07) is 7.75. The van der Waals surface area contributed by atoms with Gasteiger partial charge in [0.15, 0.2) is 6.39 Å². The maximum atomic E-state index is 12.2. The van der Waals surface area contributed by atoms with E-state index < -0.39 is 0 Å². The summed E-state index contributed by atoms with van der Waals surface area (Å²) < 4.78 is 5.21. The number of para-hydroxylation sites is 1. The van der Waals surface area contributed by atoms with Crippen LogP contribution in [-0.2, 0) is 6.42 Å². The minimum atomic E-state index is -0.248. The predicted octanol–water partition coefficient (Wildman–Crippen LogP) is 3.61. The summed E-state index contributed by atoms with van der Waals surface area (Å²) in [4.78, 5) is 16.3. The van der Waals surface area contributed by atoms with E-state index in [1.165, 1.54) is 6.39 Å². The lowest BCUT2D eigenvalue weighted by Gasteiger charge is -2.09. The number of nitrogens with zero attached hydrogens (tertiary/aromatic N) is 1. The van der Waals surface area contributed by atoms with Crippen LogP contribution >= 0.6 is 0 Å². The minimum Gasteiger partial charge on any atom is -0.438 e. The quantitative estimate of drug-likeness (QED) is 0.911. The Morgan fingerprint density at radius 2 is 2.11 bits per heavy atom. The van der Waals surface area contributed by atoms with E-state index in [1.54, 1.807) is 0 Å². The zero-order valence-corrected chi connectivity index (χ0v) is 11.4. The molecule has 2 aromatic rings. The molecule has 0 aliphatic rings. The molecular weight excluding hydrogens is 240 g/mol. The number of aryl methyl sites for hydroxylation is 1. The number of anilines is 1. The molecule has 0 radical (unpaired) electrons. The molecule has 1 aromatic carbocycles. The van der Waals surface area contributed by atoms with E-state index in [-0.39, 0.29) is 11.8 Å². The van der Waals surface area contributed by atoms with Gasteiger partial charge in [0, 0.05) is 5.69 Å². The Morgan fingerprint density at radius 1 is 1.37 bits per heavy atom. The molecule has 1 N–H and O–H groups in total. The Morgan fingerprint density at radius 3 is 2.79 bits per heavy atom. The van der Waals surface area contributed by atoms with Gasteiger partial charge in [-0.25, -0.2) is 4.98 Å². The van der Waals surface area contributed by atoms with Gasteiger partial charge >= 0.3 is 0 Å². The fourth-order valence-electron chi connectivity index (χ4n) is 1.97. The highest BCUT2D eigenvalue weighted by Crippen LogP contribution is 2.21. The van der Waals surface area contributed by atoms with Gasteiger partial charge in [0.25, 0.3) is 5.91 Å². The number of hydrogen-bond acceptors (Lipinski definition) is 3. The van der Waals surface area contributed by atoms with Crippen LogP contribution in [0.4, 0.5) is 5.69 Å². The Hall–Kier alpha value is -2.10. The van der Waals surface area contributed by atoms with Crippen molar-refractivity contribution in [1.82, 2.24) is 4.98 Å². The lowest BCUT2D eigenvalue weighted by Crippen LogP contribution is -2.14. The van der Waals surface area contributed by atoms with Crippen molar-refractivity contribution in [2.75, 3.05) is 5.32 Å². The molecule has 0 saturated carbocycles. The summed E-state index contributed by atoms with van der Waals surface area (Å²) in [6.07, 6.45) is 2.18. The number of aromatic nitrogens is 1. The third-order valence-electron chi connectivity index (χ3n) is 2.99. The highest BCUT2D eigenvalue weighted by Gasteiger charge is 2.19. The van der Waals surface area contributed by atoms with Crippen LogP contribution in [0, 0.1) is 0 Å². The van der Waals surface area contributed by atoms with E-state index in [9.17, 15) is 4.79 Å². The molecular formula is C15H18N2O2. The molecule has 4 heteroatoms. The number of carbonyl (C=O) groups is 1. The normalized spacial score (nSPS) is 10.7. The zero-order valence-electron chi connectivity index (χ0n) is 11.4. The molecule has 0 unspecified atom stereocenters. The second-order valence-corrected chi connectivity index (χ2v) is 4.69. The topological polar surface area (TPSA) is 55.1 Å². The van der Waals surface area contributed by atoms with Gasteiger partial charge in [-0.1, -0.05) is 39.0 Å². The minimum absolute atomic E-state index is 0.154. The van der Waals surface area contributed by atoms with E-state index in [0.29, 0.717) is 11.5 Å². The van der Waals surface area contributed by atoms with Crippen LogP contribution in [0.1, 0.15) is 48.5 Å². The van der Waals surface area contributed by atoms with Crippen LogP contribution in [0.15, 0.2) is 35.1 Å². The van der Waals surface area contributed by atoms with Gasteiger partial charge in [0.05, 0.1) is 5.69 Å². The number of hydrogen-bond donors (Lipinski definition) is 1. The Balaban J connectivity index is 2.23. The number of oxazole rings is 1. The van der Waals surface area contributed by atoms with Crippen molar-refractivity contribution in [3.63, 3.8) is 0 Å². The molecule has 100 valence electrons. The van der Waals surface area contributed by atoms with Gasteiger partial charge in [-0.15, -0.1) is 0 Å². The van der Waals surface area contributed by atoms with Gasteiger partial charge in [-0.2, -0.15) is 0 Å². The van der Waals surface area contributed by atoms with Crippen molar-refractivity contribution in [1.29, 1.82) is 0 Å². The summed E-state index contributed by atoms with van der Waals surface area (Å²) >= 11 is 0. The van der Waals surface area contributed by atoms with Gasteiger partial charge in [-0.3, -0.25) is 4.79 Å². The predicted molar refractivity (Wildman–Crippen MR) is 74.4 cm³/mol. The molecule has 0 saturated heterocycles. The standard InChI is InChI=1S/C15H18N2O2/c1-4-11-7-5-6-8-12(11)17-15(18)14-13(10(2)3)16-9-19-14/h5-10H,4H2,1-3H3,(H,17,18). The molecule has 4 nitrogen and oxygen atoms in total. The third-order valence-corrected chi connectivity index (χ3v) is 2.99. The fraction of sp³-hybridized carbons (Fsp3) is 0.333. The Bertz CT molecular complexity index is 573. The molecule has 0 bridgehead atoms. The second-order valence-electron chi connectivity index (χ2n) is 4.69. The van der Waals surface area contributed by atoms with Crippen LogP contribution in [0.25, 0.3) is 0 Å². The first-order chi connectivity index (χ1) is 9.13. The van der Waals surface area contributed by atoms with E-state index in [2.05, 4.69) is 17.2 Å². The summed E-state index contributed by atoms with van der Waals surface area (Å²) in [5, 5.41) is 2.89. The fourth-order valence-corrected chi connectivity index (χ4v) is 1.97. The highest BCUT2D eigenvalue weighted by molar-refractivity contribution is 6.03. The molecule has 0 spiro atoms. The maximum absolute atomic E-state index is 12.2. The third kappa shape index (κ3) is 2.84. The zero-order chi connectivity index (χ0) is 13.8. The maximum Gasteiger partial charge on any atom is 0.293 e. The monoisotopic (exact) mass is 258 g/mol. The van der Waals surface area contributed by atoms with Crippen LogP contribution in [0.2, 0.25) is 0 Å². The Labute approximate surface area is 112 Å².